The molecule has 0 unspecified atom stereocenters. The van der Waals surface area contributed by atoms with E-state index >= 15 is 0 Å². The largest absolute Gasteiger partial charge is 0.493 e. The highest BCUT2D eigenvalue weighted by Crippen LogP contribution is 2.29. The van der Waals surface area contributed by atoms with Crippen molar-refractivity contribution in [2.75, 3.05) is 40.0 Å². The Labute approximate surface area is 205 Å². The Morgan fingerprint density at radius 2 is 1.89 bits per heavy atom. The molecule has 0 radical (unpaired) electrons. The molecule has 8 nitrogen and oxygen atoms in total. The van der Waals surface area contributed by atoms with Crippen molar-refractivity contribution in [2.45, 2.75) is 13.3 Å². The van der Waals surface area contributed by atoms with E-state index in [4.69, 9.17) is 18.9 Å². The van der Waals surface area contributed by atoms with Crippen molar-refractivity contribution in [3.05, 3.63) is 65.2 Å². The van der Waals surface area contributed by atoms with E-state index in [0.29, 0.717) is 50.0 Å². The topological polar surface area (TPSA) is 98.1 Å². The van der Waals surface area contributed by atoms with Crippen LogP contribution < -0.4 is 14.2 Å². The van der Waals surface area contributed by atoms with Crippen molar-refractivity contribution >= 4 is 24.0 Å². The van der Waals surface area contributed by atoms with Crippen LogP contribution in [0, 0.1) is 11.3 Å². The molecule has 0 bridgehead atoms. The summed E-state index contributed by atoms with van der Waals surface area (Å²) < 4.78 is 21.8. The van der Waals surface area contributed by atoms with Gasteiger partial charge < -0.3 is 23.8 Å². The third-order valence-electron chi connectivity index (χ3n) is 5.14. The molecule has 0 aliphatic carbocycles. The van der Waals surface area contributed by atoms with Gasteiger partial charge in [-0.3, -0.25) is 4.79 Å². The molecule has 8 heteroatoms. The summed E-state index contributed by atoms with van der Waals surface area (Å²) >= 11 is 0. The molecule has 2 aromatic rings. The van der Waals surface area contributed by atoms with Crippen LogP contribution in [0.4, 0.5) is 0 Å². The predicted molar refractivity (Wildman–Crippen MR) is 131 cm³/mol. The monoisotopic (exact) mass is 476 g/mol. The van der Waals surface area contributed by atoms with Crippen LogP contribution >= 0.6 is 0 Å². The normalized spacial score (nSPS) is 13.9. The van der Waals surface area contributed by atoms with Crippen molar-refractivity contribution in [1.29, 1.82) is 5.26 Å². The van der Waals surface area contributed by atoms with Gasteiger partial charge in [-0.1, -0.05) is 31.2 Å². The molecule has 1 aliphatic heterocycles. The minimum Gasteiger partial charge on any atom is -0.493 e. The Balaban J connectivity index is 1.72. The lowest BCUT2D eigenvalue weighted by Crippen LogP contribution is -2.41. The summed E-state index contributed by atoms with van der Waals surface area (Å²) in [4.78, 5) is 26.7. The van der Waals surface area contributed by atoms with Gasteiger partial charge in [0.05, 0.1) is 26.9 Å². The molecule has 1 heterocycles. The second-order valence-corrected chi connectivity index (χ2v) is 7.63. The van der Waals surface area contributed by atoms with E-state index in [-0.39, 0.29) is 17.2 Å². The van der Waals surface area contributed by atoms with Gasteiger partial charge in [-0.15, -0.1) is 0 Å². The first-order chi connectivity index (χ1) is 17.0. The fourth-order valence-electron chi connectivity index (χ4n) is 3.37. The van der Waals surface area contributed by atoms with Crippen molar-refractivity contribution < 1.29 is 28.5 Å². The molecule has 1 fully saturated rings. The minimum absolute atomic E-state index is 0.00517. The zero-order valence-electron chi connectivity index (χ0n) is 19.9. The molecule has 1 saturated heterocycles. The molecule has 182 valence electrons. The van der Waals surface area contributed by atoms with E-state index in [1.807, 2.05) is 37.3 Å². The van der Waals surface area contributed by atoms with Crippen molar-refractivity contribution in [1.82, 2.24) is 4.90 Å². The fourth-order valence-corrected chi connectivity index (χ4v) is 3.37. The van der Waals surface area contributed by atoms with Gasteiger partial charge in [-0.05, 0) is 42.3 Å². The lowest BCUT2D eigenvalue weighted by molar-refractivity contribution is -0.130. The van der Waals surface area contributed by atoms with Crippen LogP contribution in [-0.4, -0.2) is 56.8 Å². The average molecular weight is 477 g/mol. The minimum atomic E-state index is -0.586. The van der Waals surface area contributed by atoms with E-state index in [2.05, 4.69) is 0 Å². The number of esters is 1. The summed E-state index contributed by atoms with van der Waals surface area (Å²) in [5, 5.41) is 9.49. The number of nitrogens with zero attached hydrogens (tertiary/aromatic N) is 2. The second kappa shape index (κ2) is 13.0. The molecule has 1 amide bonds. The highest BCUT2D eigenvalue weighted by Gasteiger charge is 2.21. The maximum Gasteiger partial charge on any atom is 0.336 e. The molecule has 0 saturated carbocycles. The number of hydrogen-bond acceptors (Lipinski definition) is 7. The summed E-state index contributed by atoms with van der Waals surface area (Å²) in [5.74, 6) is 0.263. The van der Waals surface area contributed by atoms with Crippen LogP contribution in [0.15, 0.2) is 54.1 Å². The van der Waals surface area contributed by atoms with Gasteiger partial charge in [0.2, 0.25) is 0 Å². The fraction of sp³-hybridized carbons (Fsp3) is 0.296. The third kappa shape index (κ3) is 7.19. The molecule has 35 heavy (non-hydrogen) atoms. The van der Waals surface area contributed by atoms with Gasteiger partial charge in [0.1, 0.15) is 17.4 Å². The van der Waals surface area contributed by atoms with Crippen LogP contribution in [0.1, 0.15) is 24.5 Å². The molecular weight excluding hydrogens is 448 g/mol. The Hall–Kier alpha value is -4.09. The highest BCUT2D eigenvalue weighted by molar-refractivity contribution is 6.01. The van der Waals surface area contributed by atoms with Gasteiger partial charge in [0.15, 0.2) is 11.5 Å². The molecule has 0 N–H and O–H groups in total. The van der Waals surface area contributed by atoms with E-state index in [9.17, 15) is 14.9 Å². The molecule has 1 aliphatic rings. The number of carbonyl (C=O) groups excluding carboxylic acids is 2. The van der Waals surface area contributed by atoms with Crippen LogP contribution in [0.3, 0.4) is 0 Å². The Kier molecular flexibility index (Phi) is 9.46. The van der Waals surface area contributed by atoms with Crippen molar-refractivity contribution in [2.24, 2.45) is 0 Å². The summed E-state index contributed by atoms with van der Waals surface area (Å²) in [5.41, 5.74) is 1.34. The zero-order valence-corrected chi connectivity index (χ0v) is 19.9. The molecule has 3 rings (SSSR count). The highest BCUT2D eigenvalue weighted by atomic mass is 16.6. The first-order valence-electron chi connectivity index (χ1n) is 11.3. The van der Waals surface area contributed by atoms with Crippen molar-refractivity contribution in [3.63, 3.8) is 0 Å². The maximum absolute atomic E-state index is 12.6. The Morgan fingerprint density at radius 1 is 1.11 bits per heavy atom. The average Bonchev–Trinajstić information content (AvgIpc) is 2.90. The van der Waals surface area contributed by atoms with E-state index in [1.165, 1.54) is 19.3 Å². The van der Waals surface area contributed by atoms with Gasteiger partial charge in [-0.25, -0.2) is 4.79 Å². The first-order valence-corrected chi connectivity index (χ1v) is 11.3. The molecule has 0 spiro atoms. The number of rotatable bonds is 9. The van der Waals surface area contributed by atoms with E-state index < -0.39 is 5.97 Å². The van der Waals surface area contributed by atoms with Crippen LogP contribution in [-0.2, 0) is 14.3 Å². The third-order valence-corrected chi connectivity index (χ3v) is 5.14. The first kappa shape index (κ1) is 25.5. The predicted octanol–water partition coefficient (Wildman–Crippen LogP) is 3.87. The van der Waals surface area contributed by atoms with Gasteiger partial charge in [0, 0.05) is 24.7 Å². The summed E-state index contributed by atoms with van der Waals surface area (Å²) in [6, 6.07) is 14.2. The van der Waals surface area contributed by atoms with Crippen LogP contribution in [0.25, 0.3) is 12.2 Å². The SMILES string of the molecule is CCCOc1ccccc1/C=C/C(=O)Oc1ccc(/C=C(\C#N)C(=O)N2CCOCC2)cc1OC. The molecule has 2 aromatic carbocycles. The summed E-state index contributed by atoms with van der Waals surface area (Å²) in [6.45, 7) is 4.39. The molecule has 0 atom stereocenters. The molecular formula is C27H28N2O6. The quantitative estimate of drug-likeness (QED) is 0.235. The van der Waals surface area contributed by atoms with Crippen LogP contribution in [0.2, 0.25) is 0 Å². The smallest absolute Gasteiger partial charge is 0.336 e. The van der Waals surface area contributed by atoms with E-state index in [1.54, 1.807) is 29.2 Å². The van der Waals surface area contributed by atoms with Gasteiger partial charge >= 0.3 is 5.97 Å². The number of ether oxygens (including phenoxy) is 4. The number of methoxy groups -OCH3 is 1. The zero-order chi connectivity index (χ0) is 25.0. The number of para-hydroxylation sites is 1. The van der Waals surface area contributed by atoms with Crippen molar-refractivity contribution in [3.8, 4) is 23.3 Å². The second-order valence-electron chi connectivity index (χ2n) is 7.63. The Morgan fingerprint density at radius 3 is 2.60 bits per heavy atom. The number of morpholine rings is 1. The van der Waals surface area contributed by atoms with Gasteiger partial charge in [-0.2, -0.15) is 5.26 Å². The number of nitriles is 1. The molecule has 0 aromatic heterocycles. The number of hydrogen-bond donors (Lipinski definition) is 0. The maximum atomic E-state index is 12.6. The number of carbonyl (C=O) groups is 2. The summed E-state index contributed by atoms with van der Waals surface area (Å²) in [7, 11) is 1.45. The Bertz CT molecular complexity index is 1140. The number of benzene rings is 2. The lowest BCUT2D eigenvalue weighted by atomic mass is 10.1. The van der Waals surface area contributed by atoms with Gasteiger partial charge in [0.25, 0.3) is 5.91 Å². The lowest BCUT2D eigenvalue weighted by Gasteiger charge is -2.26. The standard InChI is InChI=1S/C27H28N2O6/c1-3-14-34-23-7-5-4-6-21(23)9-11-26(30)35-24-10-8-20(18-25(24)32-2)17-22(19-28)27(31)29-12-15-33-16-13-29/h4-11,17-18H,3,12-16H2,1-2H3/b11-9+,22-17+. The van der Waals surface area contributed by atoms with Crippen LogP contribution in [0.5, 0.6) is 17.2 Å². The number of amides is 1. The van der Waals surface area contributed by atoms with E-state index in [0.717, 1.165) is 12.0 Å². The summed E-state index contributed by atoms with van der Waals surface area (Å²) in [6.07, 6.45) is 5.31.